The van der Waals surface area contributed by atoms with E-state index in [1.54, 1.807) is 20.1 Å². The van der Waals surface area contributed by atoms with Crippen LogP contribution >= 0.6 is 11.6 Å². The second-order valence-electron chi connectivity index (χ2n) is 6.58. The molecule has 140 valence electrons. The average molecular weight is 370 g/mol. The van der Waals surface area contributed by atoms with Crippen molar-refractivity contribution in [2.24, 2.45) is 0 Å². The van der Waals surface area contributed by atoms with Crippen LogP contribution in [0.25, 0.3) is 0 Å². The van der Waals surface area contributed by atoms with Crippen molar-refractivity contribution in [2.75, 3.05) is 39.8 Å². The molecule has 1 fully saturated rings. The number of rotatable bonds is 6. The lowest BCUT2D eigenvalue weighted by molar-refractivity contribution is 0.0567. The second-order valence-corrected chi connectivity index (χ2v) is 6.99. The summed E-state index contributed by atoms with van der Waals surface area (Å²) in [6, 6.07) is 5.76. The molecular formula is C18H28ClN3O3. The Morgan fingerprint density at radius 2 is 2.24 bits per heavy atom. The van der Waals surface area contributed by atoms with E-state index >= 15 is 0 Å². The van der Waals surface area contributed by atoms with Crippen molar-refractivity contribution in [1.82, 2.24) is 15.1 Å². The number of aliphatic hydroxyl groups excluding tert-OH is 1. The monoisotopic (exact) mass is 369 g/mol. The smallest absolute Gasteiger partial charge is 0.317 e. The maximum Gasteiger partial charge on any atom is 0.317 e. The predicted molar refractivity (Wildman–Crippen MR) is 99.4 cm³/mol. The van der Waals surface area contributed by atoms with Gasteiger partial charge in [0.15, 0.2) is 0 Å². The van der Waals surface area contributed by atoms with E-state index < -0.39 is 0 Å². The lowest BCUT2D eigenvalue weighted by Crippen LogP contribution is -2.57. The molecule has 2 atom stereocenters. The summed E-state index contributed by atoms with van der Waals surface area (Å²) >= 11 is 6.22. The fraction of sp³-hybridized carbons (Fsp3) is 0.611. The van der Waals surface area contributed by atoms with E-state index in [2.05, 4.69) is 17.1 Å². The molecule has 0 radical (unpaired) electrons. The summed E-state index contributed by atoms with van der Waals surface area (Å²) in [7, 11) is 1.60. The van der Waals surface area contributed by atoms with Crippen LogP contribution in [-0.4, -0.2) is 72.9 Å². The Morgan fingerprint density at radius 1 is 1.48 bits per heavy atom. The van der Waals surface area contributed by atoms with Gasteiger partial charge in [-0.05, 0) is 38.0 Å². The third-order valence-electron chi connectivity index (χ3n) is 4.48. The first-order chi connectivity index (χ1) is 11.9. The highest BCUT2D eigenvalue weighted by atomic mass is 35.5. The van der Waals surface area contributed by atoms with Gasteiger partial charge >= 0.3 is 6.03 Å². The standard InChI is InChI=1S/C18H28ClN3O3/c1-13-11-22(9-8-21(13)12-14(2)23)18(24)20-7-6-15-4-5-16(25-3)10-17(15)19/h4-5,10,13-14,23H,6-9,11-12H2,1-3H3,(H,20,24). The largest absolute Gasteiger partial charge is 0.497 e. The van der Waals surface area contributed by atoms with Crippen LogP contribution in [0.4, 0.5) is 4.79 Å². The molecule has 1 heterocycles. The van der Waals surface area contributed by atoms with E-state index in [4.69, 9.17) is 16.3 Å². The van der Waals surface area contributed by atoms with Crippen LogP contribution in [0.2, 0.25) is 5.02 Å². The number of hydrogen-bond acceptors (Lipinski definition) is 4. The van der Waals surface area contributed by atoms with Gasteiger partial charge in [0.25, 0.3) is 0 Å². The molecule has 2 N–H and O–H groups in total. The van der Waals surface area contributed by atoms with Crippen LogP contribution in [0.5, 0.6) is 5.75 Å². The van der Waals surface area contributed by atoms with Crippen molar-refractivity contribution >= 4 is 17.6 Å². The van der Waals surface area contributed by atoms with E-state index in [0.29, 0.717) is 37.6 Å². The summed E-state index contributed by atoms with van der Waals surface area (Å²) in [6.07, 6.45) is 0.323. The molecule has 6 nitrogen and oxygen atoms in total. The number of amides is 2. The van der Waals surface area contributed by atoms with Gasteiger partial charge in [-0.1, -0.05) is 17.7 Å². The van der Waals surface area contributed by atoms with Gasteiger partial charge in [0, 0.05) is 43.8 Å². The van der Waals surface area contributed by atoms with Gasteiger partial charge in [-0.25, -0.2) is 4.79 Å². The highest BCUT2D eigenvalue weighted by Gasteiger charge is 2.26. The lowest BCUT2D eigenvalue weighted by atomic mass is 10.1. The SMILES string of the molecule is COc1ccc(CCNC(=O)N2CCN(CC(C)O)C(C)C2)c(Cl)c1. The molecular weight excluding hydrogens is 342 g/mol. The van der Waals surface area contributed by atoms with Crippen LogP contribution < -0.4 is 10.1 Å². The molecule has 0 spiro atoms. The number of halogens is 1. The molecule has 1 aliphatic heterocycles. The molecule has 1 aromatic rings. The zero-order valence-electron chi connectivity index (χ0n) is 15.2. The summed E-state index contributed by atoms with van der Waals surface area (Å²) in [5.41, 5.74) is 0.984. The summed E-state index contributed by atoms with van der Waals surface area (Å²) in [5.74, 6) is 0.724. The summed E-state index contributed by atoms with van der Waals surface area (Å²) in [5, 5.41) is 13.1. The first-order valence-corrected chi connectivity index (χ1v) is 9.05. The Labute approximate surface area is 154 Å². The minimum Gasteiger partial charge on any atom is -0.497 e. The van der Waals surface area contributed by atoms with Crippen molar-refractivity contribution in [2.45, 2.75) is 32.4 Å². The molecule has 0 bridgehead atoms. The van der Waals surface area contributed by atoms with Crippen molar-refractivity contribution in [3.8, 4) is 5.75 Å². The van der Waals surface area contributed by atoms with Gasteiger partial charge < -0.3 is 20.1 Å². The molecule has 0 aliphatic carbocycles. The average Bonchev–Trinajstić information content (AvgIpc) is 2.57. The molecule has 1 saturated heterocycles. The zero-order chi connectivity index (χ0) is 18.4. The zero-order valence-corrected chi connectivity index (χ0v) is 15.9. The highest BCUT2D eigenvalue weighted by Crippen LogP contribution is 2.22. The number of methoxy groups -OCH3 is 1. The molecule has 0 aromatic heterocycles. The Hall–Kier alpha value is -1.50. The first kappa shape index (κ1) is 19.8. The molecule has 0 saturated carbocycles. The van der Waals surface area contributed by atoms with Gasteiger partial charge in [0.2, 0.25) is 0 Å². The quantitative estimate of drug-likeness (QED) is 0.804. The van der Waals surface area contributed by atoms with Gasteiger partial charge in [-0.15, -0.1) is 0 Å². The van der Waals surface area contributed by atoms with E-state index in [9.17, 15) is 9.90 Å². The second kappa shape index (κ2) is 9.27. The first-order valence-electron chi connectivity index (χ1n) is 8.68. The van der Waals surface area contributed by atoms with E-state index in [1.165, 1.54) is 0 Å². The van der Waals surface area contributed by atoms with E-state index in [0.717, 1.165) is 17.9 Å². The van der Waals surface area contributed by atoms with Crippen LogP contribution in [0, 0.1) is 0 Å². The predicted octanol–water partition coefficient (Wildman–Crippen LogP) is 1.99. The molecule has 7 heteroatoms. The fourth-order valence-electron chi connectivity index (χ4n) is 3.06. The van der Waals surface area contributed by atoms with Gasteiger partial charge in [-0.2, -0.15) is 0 Å². The third-order valence-corrected chi connectivity index (χ3v) is 4.83. The lowest BCUT2D eigenvalue weighted by Gasteiger charge is -2.40. The fourth-order valence-corrected chi connectivity index (χ4v) is 3.33. The number of carbonyl (C=O) groups is 1. The minimum atomic E-state index is -0.350. The van der Waals surface area contributed by atoms with Crippen molar-refractivity contribution in [3.05, 3.63) is 28.8 Å². The van der Waals surface area contributed by atoms with Crippen molar-refractivity contribution in [1.29, 1.82) is 0 Å². The Balaban J connectivity index is 1.77. The van der Waals surface area contributed by atoms with Crippen LogP contribution in [0.15, 0.2) is 18.2 Å². The van der Waals surface area contributed by atoms with E-state index in [-0.39, 0.29) is 18.2 Å². The topological polar surface area (TPSA) is 65.0 Å². The maximum atomic E-state index is 12.3. The Kier molecular flexibility index (Phi) is 7.35. The molecule has 1 aromatic carbocycles. The number of nitrogens with zero attached hydrogens (tertiary/aromatic N) is 2. The number of ether oxygens (including phenoxy) is 1. The van der Waals surface area contributed by atoms with Crippen LogP contribution in [-0.2, 0) is 6.42 Å². The normalized spacial score (nSPS) is 19.6. The molecule has 2 rings (SSSR count). The number of aliphatic hydroxyl groups is 1. The van der Waals surface area contributed by atoms with Crippen molar-refractivity contribution < 1.29 is 14.6 Å². The summed E-state index contributed by atoms with van der Waals surface area (Å²) in [4.78, 5) is 16.4. The van der Waals surface area contributed by atoms with Crippen LogP contribution in [0.1, 0.15) is 19.4 Å². The number of benzene rings is 1. The Morgan fingerprint density at radius 3 is 2.84 bits per heavy atom. The summed E-state index contributed by atoms with van der Waals surface area (Å²) in [6.45, 7) is 7.17. The number of urea groups is 1. The highest BCUT2D eigenvalue weighted by molar-refractivity contribution is 6.31. The van der Waals surface area contributed by atoms with Crippen molar-refractivity contribution in [3.63, 3.8) is 0 Å². The molecule has 2 unspecified atom stereocenters. The number of β-amino-alcohol motifs (C(OH)–C–C–N with tert-alkyl or cyclic N) is 1. The van der Waals surface area contributed by atoms with Gasteiger partial charge in [0.05, 0.1) is 13.2 Å². The third kappa shape index (κ3) is 5.76. The van der Waals surface area contributed by atoms with E-state index in [1.807, 2.05) is 17.0 Å². The molecule has 25 heavy (non-hydrogen) atoms. The number of piperazine rings is 1. The number of nitrogens with one attached hydrogen (secondary N) is 1. The molecule has 1 aliphatic rings. The minimum absolute atomic E-state index is 0.0480. The summed E-state index contributed by atoms with van der Waals surface area (Å²) < 4.78 is 5.13. The molecule has 2 amide bonds. The maximum absolute atomic E-state index is 12.3. The number of hydrogen-bond donors (Lipinski definition) is 2. The van der Waals surface area contributed by atoms with Crippen LogP contribution in [0.3, 0.4) is 0 Å². The van der Waals surface area contributed by atoms with Gasteiger partial charge in [0.1, 0.15) is 5.75 Å². The number of carbonyl (C=O) groups excluding carboxylic acids is 1. The Bertz CT molecular complexity index is 583. The van der Waals surface area contributed by atoms with Gasteiger partial charge in [-0.3, -0.25) is 4.90 Å².